The molecule has 3 aliphatic rings. The van der Waals surface area contributed by atoms with E-state index in [0.717, 1.165) is 35.2 Å². The standard InChI is InChI=1S/C29H35ClN4O2S/c1-17-31-25(21-9-14-37-27(21)32-17)23-16-22(23)20-8-7-19(15-24(20)30)26(18-5-6-18)33-10-12-34(13-11-33)28(35)36-29(2,3)4/h7-9,14-15,18,22-23,26H,5-6,10-13,16H2,1-4H3. The topological polar surface area (TPSA) is 58.6 Å². The summed E-state index contributed by atoms with van der Waals surface area (Å²) in [4.78, 5) is 27.4. The van der Waals surface area contributed by atoms with E-state index >= 15 is 0 Å². The summed E-state index contributed by atoms with van der Waals surface area (Å²) in [5, 5.41) is 4.16. The van der Waals surface area contributed by atoms with Crippen molar-refractivity contribution in [2.75, 3.05) is 26.2 Å². The number of thiophene rings is 1. The van der Waals surface area contributed by atoms with Crippen molar-refractivity contribution in [2.24, 2.45) is 5.92 Å². The number of hydrogen-bond donors (Lipinski definition) is 0. The summed E-state index contributed by atoms with van der Waals surface area (Å²) in [6.45, 7) is 10.8. The maximum Gasteiger partial charge on any atom is 0.410 e. The van der Waals surface area contributed by atoms with Crippen LogP contribution in [-0.2, 0) is 4.74 Å². The number of fused-ring (bicyclic) bond motifs is 1. The normalized spacial score (nSPS) is 23.3. The van der Waals surface area contributed by atoms with Gasteiger partial charge >= 0.3 is 6.09 Å². The minimum absolute atomic E-state index is 0.208. The lowest BCUT2D eigenvalue weighted by molar-refractivity contribution is 0.00897. The third kappa shape index (κ3) is 5.23. The zero-order chi connectivity index (χ0) is 25.9. The van der Waals surface area contributed by atoms with Crippen molar-refractivity contribution in [1.82, 2.24) is 19.8 Å². The van der Waals surface area contributed by atoms with Gasteiger partial charge in [0.25, 0.3) is 0 Å². The first-order valence-corrected chi connectivity index (χ1v) is 14.7. The van der Waals surface area contributed by atoms with E-state index in [1.54, 1.807) is 11.3 Å². The van der Waals surface area contributed by atoms with Crippen LogP contribution in [0.25, 0.3) is 10.2 Å². The molecule has 0 radical (unpaired) electrons. The molecule has 1 saturated heterocycles. The molecule has 1 amide bonds. The van der Waals surface area contributed by atoms with Crippen LogP contribution in [0.1, 0.15) is 80.6 Å². The van der Waals surface area contributed by atoms with E-state index in [9.17, 15) is 4.79 Å². The number of ether oxygens (including phenoxy) is 1. The predicted molar refractivity (Wildman–Crippen MR) is 149 cm³/mol. The molecule has 1 aromatic carbocycles. The van der Waals surface area contributed by atoms with Gasteiger partial charge in [0.15, 0.2) is 0 Å². The maximum atomic E-state index is 12.5. The quantitative estimate of drug-likeness (QED) is 0.352. The van der Waals surface area contributed by atoms with E-state index in [1.807, 2.05) is 32.6 Å². The molecule has 3 aromatic rings. The van der Waals surface area contributed by atoms with E-state index in [4.69, 9.17) is 21.3 Å². The van der Waals surface area contributed by atoms with Crippen LogP contribution in [0.2, 0.25) is 5.02 Å². The SMILES string of the molecule is Cc1nc(C2CC2c2ccc(C(C3CC3)N3CCN(C(=O)OC(C)(C)C)CC3)cc2Cl)c2ccsc2n1. The van der Waals surface area contributed by atoms with E-state index in [2.05, 4.69) is 39.5 Å². The van der Waals surface area contributed by atoms with Crippen molar-refractivity contribution in [3.05, 3.63) is 57.3 Å². The molecular formula is C29H35ClN4O2S. The molecule has 3 heterocycles. The van der Waals surface area contributed by atoms with Crippen molar-refractivity contribution in [3.8, 4) is 0 Å². The van der Waals surface area contributed by atoms with Gasteiger partial charge in [0.05, 0.1) is 5.69 Å². The van der Waals surface area contributed by atoms with Crippen LogP contribution in [-0.4, -0.2) is 57.6 Å². The molecule has 1 aliphatic heterocycles. The molecule has 2 aromatic heterocycles. The third-order valence-electron chi connectivity index (χ3n) is 7.80. The highest BCUT2D eigenvalue weighted by molar-refractivity contribution is 7.16. The first kappa shape index (κ1) is 25.1. The van der Waals surface area contributed by atoms with Crippen molar-refractivity contribution >= 4 is 39.2 Å². The van der Waals surface area contributed by atoms with Gasteiger partial charge in [-0.2, -0.15) is 0 Å². The second kappa shape index (κ2) is 9.51. The lowest BCUT2D eigenvalue weighted by Gasteiger charge is -2.40. The van der Waals surface area contributed by atoms with Crippen LogP contribution in [0.5, 0.6) is 0 Å². The third-order valence-corrected chi connectivity index (χ3v) is 8.94. The zero-order valence-electron chi connectivity index (χ0n) is 22.0. The molecule has 196 valence electrons. The van der Waals surface area contributed by atoms with Crippen LogP contribution in [0.4, 0.5) is 4.79 Å². The Morgan fingerprint density at radius 2 is 1.86 bits per heavy atom. The number of rotatable bonds is 5. The average Bonchev–Trinajstić information content (AvgIpc) is 3.76. The number of aryl methyl sites for hydroxylation is 1. The Kier molecular flexibility index (Phi) is 6.45. The zero-order valence-corrected chi connectivity index (χ0v) is 23.6. The first-order valence-electron chi connectivity index (χ1n) is 13.4. The minimum Gasteiger partial charge on any atom is -0.444 e. The largest absolute Gasteiger partial charge is 0.444 e. The second-order valence-electron chi connectivity index (χ2n) is 11.8. The van der Waals surface area contributed by atoms with E-state index in [-0.39, 0.29) is 6.09 Å². The van der Waals surface area contributed by atoms with Crippen molar-refractivity contribution in [2.45, 2.75) is 70.4 Å². The Bertz CT molecular complexity index is 1320. The van der Waals surface area contributed by atoms with Gasteiger partial charge in [0.2, 0.25) is 0 Å². The van der Waals surface area contributed by atoms with Gasteiger partial charge in [0.1, 0.15) is 16.3 Å². The highest BCUT2D eigenvalue weighted by atomic mass is 35.5. The Morgan fingerprint density at radius 3 is 2.54 bits per heavy atom. The average molecular weight is 539 g/mol. The van der Waals surface area contributed by atoms with Gasteiger partial charge in [0, 0.05) is 48.5 Å². The first-order chi connectivity index (χ1) is 17.7. The van der Waals surface area contributed by atoms with Crippen LogP contribution < -0.4 is 0 Å². The minimum atomic E-state index is -0.466. The van der Waals surface area contributed by atoms with E-state index < -0.39 is 5.60 Å². The summed E-state index contributed by atoms with van der Waals surface area (Å²) in [6.07, 6.45) is 3.38. The molecule has 3 atom stereocenters. The maximum absolute atomic E-state index is 12.5. The van der Waals surface area contributed by atoms with Crippen LogP contribution in [0.15, 0.2) is 29.6 Å². The van der Waals surface area contributed by atoms with Gasteiger partial charge in [-0.3, -0.25) is 4.90 Å². The fraction of sp³-hybridized carbons (Fsp3) is 0.552. The van der Waals surface area contributed by atoms with E-state index in [0.29, 0.717) is 36.9 Å². The molecule has 3 fully saturated rings. The van der Waals surface area contributed by atoms with Gasteiger partial charge in [-0.05, 0) is 87.4 Å². The monoisotopic (exact) mass is 538 g/mol. The summed E-state index contributed by atoms with van der Waals surface area (Å²) in [6, 6.07) is 9.27. The Morgan fingerprint density at radius 1 is 1.11 bits per heavy atom. The van der Waals surface area contributed by atoms with Crippen LogP contribution in [0.3, 0.4) is 0 Å². The van der Waals surface area contributed by atoms with Crippen molar-refractivity contribution < 1.29 is 9.53 Å². The number of aromatic nitrogens is 2. The molecule has 8 heteroatoms. The number of amides is 1. The second-order valence-corrected chi connectivity index (χ2v) is 13.1. The van der Waals surface area contributed by atoms with Crippen molar-refractivity contribution in [3.63, 3.8) is 0 Å². The Balaban J connectivity index is 1.16. The van der Waals surface area contributed by atoms with Crippen LogP contribution >= 0.6 is 22.9 Å². The number of piperazine rings is 1. The number of carbonyl (C=O) groups excluding carboxylic acids is 1. The molecule has 0 spiro atoms. The number of nitrogens with zero attached hydrogens (tertiary/aromatic N) is 4. The lowest BCUT2D eigenvalue weighted by Crippen LogP contribution is -2.51. The lowest BCUT2D eigenvalue weighted by atomic mass is 9.96. The Hall–Kier alpha value is -2.22. The number of carbonyl (C=O) groups is 1. The molecule has 6 rings (SSSR count). The smallest absolute Gasteiger partial charge is 0.410 e. The fourth-order valence-electron chi connectivity index (χ4n) is 5.84. The number of benzene rings is 1. The molecule has 0 N–H and O–H groups in total. The molecule has 2 saturated carbocycles. The highest BCUT2D eigenvalue weighted by Gasteiger charge is 2.44. The van der Waals surface area contributed by atoms with Crippen molar-refractivity contribution in [1.29, 1.82) is 0 Å². The molecular weight excluding hydrogens is 504 g/mol. The summed E-state index contributed by atoms with van der Waals surface area (Å²) in [5.74, 6) is 2.33. The molecule has 2 aliphatic carbocycles. The number of hydrogen-bond acceptors (Lipinski definition) is 6. The summed E-state index contributed by atoms with van der Waals surface area (Å²) in [7, 11) is 0. The van der Waals surface area contributed by atoms with Gasteiger partial charge < -0.3 is 9.64 Å². The summed E-state index contributed by atoms with van der Waals surface area (Å²) >= 11 is 8.64. The fourth-order valence-corrected chi connectivity index (χ4v) is 6.99. The van der Waals surface area contributed by atoms with Gasteiger partial charge in [-0.1, -0.05) is 23.7 Å². The van der Waals surface area contributed by atoms with Crippen LogP contribution in [0, 0.1) is 12.8 Å². The highest BCUT2D eigenvalue weighted by Crippen LogP contribution is 2.57. The molecule has 37 heavy (non-hydrogen) atoms. The molecule has 0 bridgehead atoms. The van der Waals surface area contributed by atoms with Gasteiger partial charge in [-0.15, -0.1) is 11.3 Å². The predicted octanol–water partition coefficient (Wildman–Crippen LogP) is 6.93. The van der Waals surface area contributed by atoms with Gasteiger partial charge in [-0.25, -0.2) is 14.8 Å². The Labute approximate surface area is 228 Å². The molecule has 3 unspecified atom stereocenters. The molecule has 6 nitrogen and oxygen atoms in total. The summed E-state index contributed by atoms with van der Waals surface area (Å²) < 4.78 is 5.58. The summed E-state index contributed by atoms with van der Waals surface area (Å²) in [5.41, 5.74) is 3.25. The van der Waals surface area contributed by atoms with E-state index in [1.165, 1.54) is 35.0 Å². The number of halogens is 1.